The fourth-order valence-electron chi connectivity index (χ4n) is 1.97. The molecule has 0 bridgehead atoms. The Morgan fingerprint density at radius 3 is 2.50 bits per heavy atom. The molecule has 0 amide bonds. The fourth-order valence-corrected chi connectivity index (χ4v) is 3.53. The van der Waals surface area contributed by atoms with Gasteiger partial charge in [0.15, 0.2) is 0 Å². The van der Waals surface area contributed by atoms with E-state index in [9.17, 15) is 13.2 Å². The third kappa shape index (κ3) is 2.41. The highest BCUT2D eigenvalue weighted by Gasteiger charge is 2.29. The zero-order valence-corrected chi connectivity index (χ0v) is 11.1. The van der Waals surface area contributed by atoms with Crippen molar-refractivity contribution in [3.05, 3.63) is 17.0 Å². The second-order valence-corrected chi connectivity index (χ2v) is 6.38. The Balaban J connectivity index is 2.33. The van der Waals surface area contributed by atoms with Crippen LogP contribution in [0.4, 0.5) is 0 Å². The highest BCUT2D eigenvalue weighted by atomic mass is 32.2. The molecule has 2 rings (SSSR count). The van der Waals surface area contributed by atoms with Gasteiger partial charge in [0.05, 0.1) is 0 Å². The zero-order chi connectivity index (χ0) is 13.5. The topological polar surface area (TPSA) is 99.3 Å². The number of carboxylic acid groups (broad SMARTS) is 1. The second kappa shape index (κ2) is 4.40. The molecule has 1 fully saturated rings. The Bertz CT molecular complexity index is 584. The van der Waals surface area contributed by atoms with E-state index in [0.717, 1.165) is 12.8 Å². The molecule has 100 valence electrons. The second-order valence-electron chi connectivity index (χ2n) is 4.68. The normalized spacial score (nSPS) is 15.9. The summed E-state index contributed by atoms with van der Waals surface area (Å²) in [5.74, 6) is -0.725. The number of aromatic amines is 1. The Morgan fingerprint density at radius 2 is 2.06 bits per heavy atom. The van der Waals surface area contributed by atoms with Gasteiger partial charge in [0, 0.05) is 17.8 Å². The lowest BCUT2D eigenvalue weighted by molar-refractivity contribution is 0.0690. The van der Waals surface area contributed by atoms with Gasteiger partial charge in [0.2, 0.25) is 10.0 Å². The average molecular weight is 272 g/mol. The molecule has 1 aromatic heterocycles. The lowest BCUT2D eigenvalue weighted by Crippen LogP contribution is -2.26. The number of sulfonamides is 1. The smallest absolute Gasteiger partial charge is 0.352 e. The van der Waals surface area contributed by atoms with Crippen molar-refractivity contribution >= 4 is 16.0 Å². The number of aryl methyl sites for hydroxylation is 1. The Kier molecular flexibility index (Phi) is 3.20. The molecule has 0 aliphatic heterocycles. The maximum atomic E-state index is 12.1. The summed E-state index contributed by atoms with van der Waals surface area (Å²) >= 11 is 0. The van der Waals surface area contributed by atoms with E-state index in [1.165, 1.54) is 6.92 Å². The number of aromatic nitrogens is 1. The van der Waals surface area contributed by atoms with Gasteiger partial charge >= 0.3 is 5.97 Å². The van der Waals surface area contributed by atoms with E-state index >= 15 is 0 Å². The summed E-state index contributed by atoms with van der Waals surface area (Å²) < 4.78 is 26.8. The first kappa shape index (κ1) is 13.1. The summed E-state index contributed by atoms with van der Waals surface area (Å²) in [4.78, 5) is 13.6. The maximum Gasteiger partial charge on any atom is 0.352 e. The molecule has 7 heteroatoms. The largest absolute Gasteiger partial charge is 0.477 e. The van der Waals surface area contributed by atoms with Crippen LogP contribution in [0.5, 0.6) is 0 Å². The molecule has 0 radical (unpaired) electrons. The fraction of sp³-hybridized carbons (Fsp3) is 0.545. The Labute approximate surface area is 105 Å². The van der Waals surface area contributed by atoms with Gasteiger partial charge in [-0.1, -0.05) is 0 Å². The highest BCUT2D eigenvalue weighted by Crippen LogP contribution is 2.29. The quantitative estimate of drug-likeness (QED) is 0.745. The van der Waals surface area contributed by atoms with Crippen molar-refractivity contribution in [1.82, 2.24) is 9.71 Å². The van der Waals surface area contributed by atoms with Crippen LogP contribution in [-0.4, -0.2) is 31.0 Å². The van der Waals surface area contributed by atoms with E-state index in [-0.39, 0.29) is 16.2 Å². The van der Waals surface area contributed by atoms with Crippen molar-refractivity contribution in [3.8, 4) is 0 Å². The first-order valence-electron chi connectivity index (χ1n) is 5.75. The molecule has 3 N–H and O–H groups in total. The van der Waals surface area contributed by atoms with Crippen LogP contribution in [0.2, 0.25) is 0 Å². The van der Waals surface area contributed by atoms with E-state index in [1.807, 2.05) is 0 Å². The average Bonchev–Trinajstić information content (AvgIpc) is 3.01. The summed E-state index contributed by atoms with van der Waals surface area (Å²) in [6.07, 6.45) is 2.10. The number of hydrogen-bond acceptors (Lipinski definition) is 3. The predicted octanol–water partition coefficient (Wildman–Crippen LogP) is 1.02. The SMILES string of the molecule is Cc1[nH]c(C(=O)O)c(C)c1S(=O)(=O)NCC1CC1. The number of carbonyl (C=O) groups is 1. The molecular weight excluding hydrogens is 256 g/mol. The van der Waals surface area contributed by atoms with Gasteiger partial charge in [-0.25, -0.2) is 17.9 Å². The molecular formula is C11H16N2O4S. The van der Waals surface area contributed by atoms with Crippen LogP contribution >= 0.6 is 0 Å². The molecule has 0 aromatic carbocycles. The molecule has 6 nitrogen and oxygen atoms in total. The monoisotopic (exact) mass is 272 g/mol. The molecule has 1 aliphatic rings. The van der Waals surface area contributed by atoms with Crippen molar-refractivity contribution in [2.24, 2.45) is 5.92 Å². The molecule has 0 saturated heterocycles. The van der Waals surface area contributed by atoms with Crippen LogP contribution in [0.1, 0.15) is 34.6 Å². The number of H-pyrrole nitrogens is 1. The third-order valence-electron chi connectivity index (χ3n) is 3.11. The summed E-state index contributed by atoms with van der Waals surface area (Å²) in [5, 5.41) is 8.95. The highest BCUT2D eigenvalue weighted by molar-refractivity contribution is 7.89. The molecule has 1 heterocycles. The molecule has 0 unspecified atom stereocenters. The van der Waals surface area contributed by atoms with Gasteiger partial charge in [-0.05, 0) is 32.6 Å². The Hall–Kier alpha value is -1.34. The van der Waals surface area contributed by atoms with Crippen molar-refractivity contribution in [3.63, 3.8) is 0 Å². The van der Waals surface area contributed by atoms with Crippen LogP contribution in [0.25, 0.3) is 0 Å². The molecule has 1 aromatic rings. The predicted molar refractivity (Wildman–Crippen MR) is 65.1 cm³/mol. The van der Waals surface area contributed by atoms with Crippen LogP contribution in [0.15, 0.2) is 4.90 Å². The van der Waals surface area contributed by atoms with Gasteiger partial charge in [0.1, 0.15) is 10.6 Å². The summed E-state index contributed by atoms with van der Waals surface area (Å²) in [6.45, 7) is 3.48. The zero-order valence-electron chi connectivity index (χ0n) is 10.3. The standard InChI is InChI=1S/C11H16N2O4S/c1-6-9(11(14)15)13-7(2)10(6)18(16,17)12-5-8-3-4-8/h8,12-13H,3-5H2,1-2H3,(H,14,15). The number of aromatic carboxylic acids is 1. The maximum absolute atomic E-state index is 12.1. The first-order chi connectivity index (χ1) is 8.33. The number of carboxylic acids is 1. The van der Waals surface area contributed by atoms with Crippen LogP contribution in [0.3, 0.4) is 0 Å². The van der Waals surface area contributed by atoms with E-state index in [0.29, 0.717) is 18.2 Å². The van der Waals surface area contributed by atoms with Gasteiger partial charge in [0.25, 0.3) is 0 Å². The third-order valence-corrected chi connectivity index (χ3v) is 4.81. The van der Waals surface area contributed by atoms with Gasteiger partial charge in [-0.3, -0.25) is 0 Å². The minimum Gasteiger partial charge on any atom is -0.477 e. The Morgan fingerprint density at radius 1 is 1.44 bits per heavy atom. The van der Waals surface area contributed by atoms with Gasteiger partial charge in [-0.15, -0.1) is 0 Å². The van der Waals surface area contributed by atoms with Crippen molar-refractivity contribution < 1.29 is 18.3 Å². The van der Waals surface area contributed by atoms with Crippen LogP contribution in [-0.2, 0) is 10.0 Å². The van der Waals surface area contributed by atoms with Crippen LogP contribution in [0, 0.1) is 19.8 Å². The molecule has 0 atom stereocenters. The van der Waals surface area contributed by atoms with E-state index in [4.69, 9.17) is 5.11 Å². The number of rotatable bonds is 5. The summed E-state index contributed by atoms with van der Waals surface area (Å²) in [7, 11) is -3.63. The molecule has 18 heavy (non-hydrogen) atoms. The summed E-state index contributed by atoms with van der Waals surface area (Å²) in [6, 6.07) is 0. The van der Waals surface area contributed by atoms with Crippen LogP contribution < -0.4 is 4.72 Å². The molecule has 1 aliphatic carbocycles. The summed E-state index contributed by atoms with van der Waals surface area (Å²) in [5.41, 5.74) is 0.538. The van der Waals surface area contributed by atoms with Gasteiger partial charge < -0.3 is 10.1 Å². The number of nitrogens with one attached hydrogen (secondary N) is 2. The number of hydrogen-bond donors (Lipinski definition) is 3. The van der Waals surface area contributed by atoms with Crippen molar-refractivity contribution in [2.75, 3.05) is 6.54 Å². The minimum absolute atomic E-state index is 0.0561. The molecule has 1 saturated carbocycles. The van der Waals surface area contributed by atoms with Crippen molar-refractivity contribution in [2.45, 2.75) is 31.6 Å². The minimum atomic E-state index is -3.63. The van der Waals surface area contributed by atoms with E-state index in [1.54, 1.807) is 6.92 Å². The first-order valence-corrected chi connectivity index (χ1v) is 7.23. The van der Waals surface area contributed by atoms with Crippen molar-refractivity contribution in [1.29, 1.82) is 0 Å². The van der Waals surface area contributed by atoms with Gasteiger partial charge in [-0.2, -0.15) is 0 Å². The molecule has 0 spiro atoms. The van der Waals surface area contributed by atoms with E-state index in [2.05, 4.69) is 9.71 Å². The lowest BCUT2D eigenvalue weighted by atomic mass is 10.2. The van der Waals surface area contributed by atoms with E-state index < -0.39 is 16.0 Å². The lowest BCUT2D eigenvalue weighted by Gasteiger charge is -2.06.